The van der Waals surface area contributed by atoms with Crippen molar-refractivity contribution >= 4 is 11.9 Å². The molecule has 18 heavy (non-hydrogen) atoms. The number of aliphatic carboxylic acids is 1. The number of rotatable bonds is 5. The second-order valence-electron chi connectivity index (χ2n) is 4.46. The van der Waals surface area contributed by atoms with Crippen LogP contribution in [0.4, 0.5) is 0 Å². The number of carboxylic acids is 1. The SMILES string of the molecule is CC(C)[C@@H](N)C(=O)N[C@@H](C(=O)O)c1ccccc1. The molecule has 0 unspecified atom stereocenters. The molecule has 1 aromatic rings. The van der Waals surface area contributed by atoms with E-state index in [1.807, 2.05) is 13.8 Å². The molecule has 0 bridgehead atoms. The number of hydrogen-bond acceptors (Lipinski definition) is 3. The maximum absolute atomic E-state index is 11.8. The van der Waals surface area contributed by atoms with Crippen LogP contribution in [-0.2, 0) is 9.59 Å². The maximum atomic E-state index is 11.8. The Bertz CT molecular complexity index is 418. The van der Waals surface area contributed by atoms with Gasteiger partial charge in [-0.05, 0) is 11.5 Å². The fourth-order valence-corrected chi connectivity index (χ4v) is 1.47. The lowest BCUT2D eigenvalue weighted by molar-refractivity contribution is -0.142. The highest BCUT2D eigenvalue weighted by atomic mass is 16.4. The van der Waals surface area contributed by atoms with Gasteiger partial charge in [0.15, 0.2) is 6.04 Å². The van der Waals surface area contributed by atoms with Gasteiger partial charge < -0.3 is 16.2 Å². The van der Waals surface area contributed by atoms with Crippen molar-refractivity contribution in [2.24, 2.45) is 11.7 Å². The van der Waals surface area contributed by atoms with Gasteiger partial charge in [-0.2, -0.15) is 0 Å². The summed E-state index contributed by atoms with van der Waals surface area (Å²) in [5, 5.41) is 11.6. The molecule has 5 nitrogen and oxygen atoms in total. The Morgan fingerprint density at radius 2 is 1.78 bits per heavy atom. The third kappa shape index (κ3) is 3.56. The Morgan fingerprint density at radius 3 is 2.22 bits per heavy atom. The molecule has 98 valence electrons. The highest BCUT2D eigenvalue weighted by molar-refractivity contribution is 5.87. The number of carbonyl (C=O) groups is 2. The van der Waals surface area contributed by atoms with Crippen molar-refractivity contribution in [3.63, 3.8) is 0 Å². The van der Waals surface area contributed by atoms with Crippen molar-refractivity contribution in [3.05, 3.63) is 35.9 Å². The minimum Gasteiger partial charge on any atom is -0.479 e. The van der Waals surface area contributed by atoms with E-state index in [1.165, 1.54) is 0 Å². The standard InChI is InChI=1S/C13H18N2O3/c1-8(2)10(14)12(16)15-11(13(17)18)9-6-4-3-5-7-9/h3-8,10-11H,14H2,1-2H3,(H,15,16)(H,17,18)/t10-,11-/m1/s1. The monoisotopic (exact) mass is 250 g/mol. The first kappa shape index (κ1) is 14.2. The molecule has 0 saturated heterocycles. The maximum Gasteiger partial charge on any atom is 0.330 e. The highest BCUT2D eigenvalue weighted by Gasteiger charge is 2.25. The molecule has 4 N–H and O–H groups in total. The highest BCUT2D eigenvalue weighted by Crippen LogP contribution is 2.13. The summed E-state index contributed by atoms with van der Waals surface area (Å²) in [4.78, 5) is 22.9. The molecule has 2 atom stereocenters. The summed E-state index contributed by atoms with van der Waals surface area (Å²) in [5.41, 5.74) is 6.20. The van der Waals surface area contributed by atoms with E-state index < -0.39 is 24.0 Å². The van der Waals surface area contributed by atoms with Crippen LogP contribution >= 0.6 is 0 Å². The number of carboxylic acid groups (broad SMARTS) is 1. The summed E-state index contributed by atoms with van der Waals surface area (Å²) in [6, 6.07) is 6.75. The zero-order chi connectivity index (χ0) is 13.7. The van der Waals surface area contributed by atoms with Gasteiger partial charge in [0, 0.05) is 0 Å². The van der Waals surface area contributed by atoms with Crippen LogP contribution in [0, 0.1) is 5.92 Å². The molecule has 5 heteroatoms. The average Bonchev–Trinajstić information content (AvgIpc) is 2.35. The van der Waals surface area contributed by atoms with E-state index in [2.05, 4.69) is 5.32 Å². The summed E-state index contributed by atoms with van der Waals surface area (Å²) in [6.45, 7) is 3.62. The molecule has 0 aliphatic rings. The number of benzene rings is 1. The number of nitrogens with one attached hydrogen (secondary N) is 1. The molecule has 0 aliphatic carbocycles. The fraction of sp³-hybridized carbons (Fsp3) is 0.385. The zero-order valence-corrected chi connectivity index (χ0v) is 10.5. The van der Waals surface area contributed by atoms with Crippen molar-refractivity contribution in [1.29, 1.82) is 0 Å². The minimum atomic E-state index is -1.11. The normalized spacial score (nSPS) is 14.0. The lowest BCUT2D eigenvalue weighted by Gasteiger charge is -2.20. The average molecular weight is 250 g/mol. The topological polar surface area (TPSA) is 92.4 Å². The number of nitrogens with two attached hydrogens (primary N) is 1. The molecule has 1 amide bonds. The van der Waals surface area contributed by atoms with Crippen LogP contribution in [0.25, 0.3) is 0 Å². The third-order valence-electron chi connectivity index (χ3n) is 2.69. The first-order chi connectivity index (χ1) is 8.43. The summed E-state index contributed by atoms with van der Waals surface area (Å²) in [6.07, 6.45) is 0. The van der Waals surface area contributed by atoms with Gasteiger partial charge in [-0.1, -0.05) is 44.2 Å². The molecule has 0 spiro atoms. The van der Waals surface area contributed by atoms with E-state index in [4.69, 9.17) is 10.8 Å². The lowest BCUT2D eigenvalue weighted by atomic mass is 10.0. The van der Waals surface area contributed by atoms with Gasteiger partial charge in [0.05, 0.1) is 6.04 Å². The van der Waals surface area contributed by atoms with Crippen molar-refractivity contribution in [3.8, 4) is 0 Å². The molecular weight excluding hydrogens is 232 g/mol. The van der Waals surface area contributed by atoms with Gasteiger partial charge in [0.25, 0.3) is 0 Å². The van der Waals surface area contributed by atoms with E-state index in [0.29, 0.717) is 5.56 Å². The summed E-state index contributed by atoms with van der Waals surface area (Å²) in [5.74, 6) is -1.61. The van der Waals surface area contributed by atoms with Gasteiger partial charge >= 0.3 is 5.97 Å². The molecule has 0 fully saturated rings. The van der Waals surface area contributed by atoms with Gasteiger partial charge in [-0.15, -0.1) is 0 Å². The quantitative estimate of drug-likeness (QED) is 0.724. The molecule has 0 aromatic heterocycles. The van der Waals surface area contributed by atoms with Gasteiger partial charge in [0.1, 0.15) is 0 Å². The minimum absolute atomic E-state index is 0.0461. The molecule has 0 radical (unpaired) electrons. The smallest absolute Gasteiger partial charge is 0.330 e. The van der Waals surface area contributed by atoms with E-state index in [1.54, 1.807) is 30.3 Å². The predicted octanol–water partition coefficient (Wildman–Crippen LogP) is 0.912. The van der Waals surface area contributed by atoms with Gasteiger partial charge in [-0.25, -0.2) is 4.79 Å². The van der Waals surface area contributed by atoms with Crippen LogP contribution in [0.15, 0.2) is 30.3 Å². The van der Waals surface area contributed by atoms with Crippen molar-refractivity contribution in [2.75, 3.05) is 0 Å². The second-order valence-corrected chi connectivity index (χ2v) is 4.46. The molecule has 0 aliphatic heterocycles. The molecule has 0 saturated carbocycles. The van der Waals surface area contributed by atoms with Crippen LogP contribution in [0.5, 0.6) is 0 Å². The molecule has 0 heterocycles. The van der Waals surface area contributed by atoms with Crippen molar-refractivity contribution < 1.29 is 14.7 Å². The van der Waals surface area contributed by atoms with E-state index in [9.17, 15) is 9.59 Å². The van der Waals surface area contributed by atoms with Crippen LogP contribution in [-0.4, -0.2) is 23.0 Å². The zero-order valence-electron chi connectivity index (χ0n) is 10.5. The van der Waals surface area contributed by atoms with Crippen LogP contribution in [0.2, 0.25) is 0 Å². The second kappa shape index (κ2) is 6.16. The molecule has 1 rings (SSSR count). The Labute approximate surface area is 106 Å². The predicted molar refractivity (Wildman–Crippen MR) is 67.8 cm³/mol. The summed E-state index contributed by atoms with van der Waals surface area (Å²) < 4.78 is 0. The summed E-state index contributed by atoms with van der Waals surface area (Å²) >= 11 is 0. The first-order valence-electron chi connectivity index (χ1n) is 5.77. The number of hydrogen-bond donors (Lipinski definition) is 3. The summed E-state index contributed by atoms with van der Waals surface area (Å²) in [7, 11) is 0. The number of carbonyl (C=O) groups excluding carboxylic acids is 1. The first-order valence-corrected chi connectivity index (χ1v) is 5.77. The Morgan fingerprint density at radius 1 is 1.22 bits per heavy atom. The Hall–Kier alpha value is -1.88. The Kier molecular flexibility index (Phi) is 4.85. The van der Waals surface area contributed by atoms with Crippen molar-refractivity contribution in [1.82, 2.24) is 5.32 Å². The van der Waals surface area contributed by atoms with Gasteiger partial charge in [-0.3, -0.25) is 4.79 Å². The van der Waals surface area contributed by atoms with Crippen LogP contribution in [0.1, 0.15) is 25.5 Å². The third-order valence-corrected chi connectivity index (χ3v) is 2.69. The van der Waals surface area contributed by atoms with E-state index >= 15 is 0 Å². The van der Waals surface area contributed by atoms with E-state index in [-0.39, 0.29) is 5.92 Å². The fourth-order valence-electron chi connectivity index (χ4n) is 1.47. The largest absolute Gasteiger partial charge is 0.479 e. The molecular formula is C13H18N2O3. The Balaban J connectivity index is 2.83. The van der Waals surface area contributed by atoms with Crippen LogP contribution in [0.3, 0.4) is 0 Å². The van der Waals surface area contributed by atoms with Gasteiger partial charge in [0.2, 0.25) is 5.91 Å². The van der Waals surface area contributed by atoms with Crippen LogP contribution < -0.4 is 11.1 Å². The van der Waals surface area contributed by atoms with E-state index in [0.717, 1.165) is 0 Å². The lowest BCUT2D eigenvalue weighted by Crippen LogP contribution is -2.46. The number of amides is 1. The van der Waals surface area contributed by atoms with Crippen molar-refractivity contribution in [2.45, 2.75) is 25.9 Å². The molecule has 1 aromatic carbocycles.